The lowest BCUT2D eigenvalue weighted by Gasteiger charge is -2.12. The Labute approximate surface area is 79.4 Å². The molecule has 0 saturated heterocycles. The topological polar surface area (TPSA) is 51.8 Å². The van der Waals surface area contributed by atoms with Gasteiger partial charge in [-0.2, -0.15) is 0 Å². The van der Waals surface area contributed by atoms with Crippen LogP contribution in [-0.4, -0.2) is 16.0 Å². The van der Waals surface area contributed by atoms with Crippen LogP contribution in [-0.2, 0) is 6.42 Å². The molecule has 0 spiro atoms. The van der Waals surface area contributed by atoms with Crippen molar-refractivity contribution >= 4 is 0 Å². The fraction of sp³-hybridized carbons (Fsp3) is 0.600. The third kappa shape index (κ3) is 3.99. The van der Waals surface area contributed by atoms with Gasteiger partial charge in [0.2, 0.25) is 0 Å². The van der Waals surface area contributed by atoms with Gasteiger partial charge in [-0.05, 0) is 12.3 Å². The maximum atomic E-state index is 5.94. The number of nitrogens with two attached hydrogens (primary N) is 1. The van der Waals surface area contributed by atoms with Gasteiger partial charge in [0.05, 0.1) is 5.69 Å². The van der Waals surface area contributed by atoms with Gasteiger partial charge in [-0.3, -0.25) is 9.97 Å². The van der Waals surface area contributed by atoms with Gasteiger partial charge in [0.15, 0.2) is 0 Å². The van der Waals surface area contributed by atoms with Gasteiger partial charge in [0.25, 0.3) is 0 Å². The lowest BCUT2D eigenvalue weighted by molar-refractivity contribution is 0.490. The summed E-state index contributed by atoms with van der Waals surface area (Å²) in [6, 6.07) is 0.205. The van der Waals surface area contributed by atoms with Crippen LogP contribution in [0.4, 0.5) is 0 Å². The van der Waals surface area contributed by atoms with Crippen molar-refractivity contribution in [2.75, 3.05) is 0 Å². The van der Waals surface area contributed by atoms with Gasteiger partial charge in [0, 0.05) is 31.1 Å². The molecule has 0 radical (unpaired) electrons. The van der Waals surface area contributed by atoms with E-state index in [2.05, 4.69) is 23.8 Å². The van der Waals surface area contributed by atoms with Crippen molar-refractivity contribution in [3.05, 3.63) is 24.3 Å². The summed E-state index contributed by atoms with van der Waals surface area (Å²) in [5.74, 6) is 0.645. The highest BCUT2D eigenvalue weighted by Gasteiger charge is 2.06. The van der Waals surface area contributed by atoms with Gasteiger partial charge in [-0.25, -0.2) is 0 Å². The molecule has 1 unspecified atom stereocenters. The molecule has 3 nitrogen and oxygen atoms in total. The van der Waals surface area contributed by atoms with Gasteiger partial charge in [-0.1, -0.05) is 13.8 Å². The zero-order chi connectivity index (χ0) is 9.68. The summed E-state index contributed by atoms with van der Waals surface area (Å²) in [5, 5.41) is 0. The molecule has 3 heteroatoms. The Morgan fingerprint density at radius 1 is 1.38 bits per heavy atom. The molecule has 0 aliphatic carbocycles. The van der Waals surface area contributed by atoms with Crippen LogP contribution in [0.3, 0.4) is 0 Å². The van der Waals surface area contributed by atoms with Crippen molar-refractivity contribution < 1.29 is 0 Å². The van der Waals surface area contributed by atoms with E-state index in [-0.39, 0.29) is 6.04 Å². The SMILES string of the molecule is CC(C)CC(N)Cc1cnccn1. The lowest BCUT2D eigenvalue weighted by Crippen LogP contribution is -2.25. The first-order valence-corrected chi connectivity index (χ1v) is 4.69. The second kappa shape index (κ2) is 4.92. The first-order chi connectivity index (χ1) is 6.18. The van der Waals surface area contributed by atoms with Gasteiger partial charge >= 0.3 is 0 Å². The quantitative estimate of drug-likeness (QED) is 0.760. The van der Waals surface area contributed by atoms with E-state index < -0.39 is 0 Å². The fourth-order valence-electron chi connectivity index (χ4n) is 1.39. The summed E-state index contributed by atoms with van der Waals surface area (Å²) in [7, 11) is 0. The highest BCUT2D eigenvalue weighted by atomic mass is 14.8. The number of hydrogen-bond donors (Lipinski definition) is 1. The maximum Gasteiger partial charge on any atom is 0.0602 e. The monoisotopic (exact) mass is 179 g/mol. The molecule has 1 heterocycles. The Hall–Kier alpha value is -0.960. The van der Waals surface area contributed by atoms with Crippen LogP contribution in [0.5, 0.6) is 0 Å². The third-order valence-corrected chi connectivity index (χ3v) is 1.86. The molecule has 2 N–H and O–H groups in total. The number of aromatic nitrogens is 2. The highest BCUT2D eigenvalue weighted by Crippen LogP contribution is 2.06. The maximum absolute atomic E-state index is 5.94. The van der Waals surface area contributed by atoms with Crippen molar-refractivity contribution in [2.45, 2.75) is 32.7 Å². The molecule has 0 amide bonds. The van der Waals surface area contributed by atoms with Crippen LogP contribution in [0.15, 0.2) is 18.6 Å². The summed E-state index contributed by atoms with van der Waals surface area (Å²) in [6.07, 6.45) is 7.03. The molecule has 1 aromatic rings. The first-order valence-electron chi connectivity index (χ1n) is 4.69. The first kappa shape index (κ1) is 10.1. The van der Waals surface area contributed by atoms with Crippen LogP contribution in [0.1, 0.15) is 26.0 Å². The smallest absolute Gasteiger partial charge is 0.0602 e. The van der Waals surface area contributed by atoms with E-state index in [1.165, 1.54) is 0 Å². The third-order valence-electron chi connectivity index (χ3n) is 1.86. The van der Waals surface area contributed by atoms with Gasteiger partial charge < -0.3 is 5.73 Å². The Morgan fingerprint density at radius 2 is 2.15 bits per heavy atom. The standard InChI is InChI=1S/C10H17N3/c1-8(2)5-9(11)6-10-7-12-3-4-13-10/h3-4,7-9H,5-6,11H2,1-2H3. The van der Waals surface area contributed by atoms with Crippen molar-refractivity contribution in [1.82, 2.24) is 9.97 Å². The molecular formula is C10H17N3. The second-order valence-corrected chi connectivity index (χ2v) is 3.79. The van der Waals surface area contributed by atoms with E-state index >= 15 is 0 Å². The summed E-state index contributed by atoms with van der Waals surface area (Å²) in [6.45, 7) is 4.35. The fourth-order valence-corrected chi connectivity index (χ4v) is 1.39. The summed E-state index contributed by atoms with van der Waals surface area (Å²) in [5.41, 5.74) is 6.92. The molecule has 72 valence electrons. The molecule has 13 heavy (non-hydrogen) atoms. The molecule has 1 rings (SSSR count). The summed E-state index contributed by atoms with van der Waals surface area (Å²) in [4.78, 5) is 8.18. The number of nitrogens with zero attached hydrogens (tertiary/aromatic N) is 2. The molecular weight excluding hydrogens is 162 g/mol. The van der Waals surface area contributed by atoms with E-state index in [9.17, 15) is 0 Å². The minimum absolute atomic E-state index is 0.205. The van der Waals surface area contributed by atoms with Crippen molar-refractivity contribution in [3.63, 3.8) is 0 Å². The highest BCUT2D eigenvalue weighted by molar-refractivity contribution is 4.97. The zero-order valence-electron chi connectivity index (χ0n) is 8.27. The van der Waals surface area contributed by atoms with E-state index in [0.717, 1.165) is 18.5 Å². The molecule has 1 aromatic heterocycles. The molecule has 0 aromatic carbocycles. The Morgan fingerprint density at radius 3 is 2.69 bits per heavy atom. The molecule has 0 bridgehead atoms. The Kier molecular flexibility index (Phi) is 3.83. The van der Waals surface area contributed by atoms with E-state index in [0.29, 0.717) is 5.92 Å². The molecule has 0 fully saturated rings. The summed E-state index contributed by atoms with van der Waals surface area (Å²) >= 11 is 0. The summed E-state index contributed by atoms with van der Waals surface area (Å²) < 4.78 is 0. The Bertz CT molecular complexity index is 233. The Balaban J connectivity index is 2.41. The van der Waals surface area contributed by atoms with Crippen LogP contribution in [0, 0.1) is 5.92 Å². The van der Waals surface area contributed by atoms with Crippen molar-refractivity contribution in [2.24, 2.45) is 11.7 Å². The largest absolute Gasteiger partial charge is 0.327 e. The van der Waals surface area contributed by atoms with Crippen LogP contribution >= 0.6 is 0 Å². The van der Waals surface area contributed by atoms with Crippen LogP contribution in [0.25, 0.3) is 0 Å². The van der Waals surface area contributed by atoms with Crippen LogP contribution < -0.4 is 5.73 Å². The van der Waals surface area contributed by atoms with E-state index in [1.807, 2.05) is 0 Å². The lowest BCUT2D eigenvalue weighted by atomic mass is 10.0. The molecule has 0 saturated carbocycles. The predicted octanol–water partition coefficient (Wildman–Crippen LogP) is 1.39. The van der Waals surface area contributed by atoms with E-state index in [4.69, 9.17) is 5.73 Å². The zero-order valence-corrected chi connectivity index (χ0v) is 8.27. The molecule has 0 aliphatic heterocycles. The minimum atomic E-state index is 0.205. The average Bonchev–Trinajstić information content (AvgIpc) is 2.04. The molecule has 0 aliphatic rings. The number of hydrogen-bond acceptors (Lipinski definition) is 3. The average molecular weight is 179 g/mol. The van der Waals surface area contributed by atoms with Crippen molar-refractivity contribution in [1.29, 1.82) is 0 Å². The van der Waals surface area contributed by atoms with Crippen molar-refractivity contribution in [3.8, 4) is 0 Å². The van der Waals surface area contributed by atoms with Gasteiger partial charge in [0.1, 0.15) is 0 Å². The molecule has 1 atom stereocenters. The second-order valence-electron chi connectivity index (χ2n) is 3.79. The predicted molar refractivity (Wildman–Crippen MR) is 53.2 cm³/mol. The minimum Gasteiger partial charge on any atom is -0.327 e. The van der Waals surface area contributed by atoms with E-state index in [1.54, 1.807) is 18.6 Å². The van der Waals surface area contributed by atoms with Crippen LogP contribution in [0.2, 0.25) is 0 Å². The van der Waals surface area contributed by atoms with Gasteiger partial charge in [-0.15, -0.1) is 0 Å². The normalized spacial score (nSPS) is 13.2. The number of rotatable bonds is 4.